The number of rotatable bonds is 7. The summed E-state index contributed by atoms with van der Waals surface area (Å²) >= 11 is 0. The van der Waals surface area contributed by atoms with Gasteiger partial charge >= 0.3 is 0 Å². The molecule has 1 saturated carbocycles. The lowest BCUT2D eigenvalue weighted by Gasteiger charge is -2.24. The first-order valence-electron chi connectivity index (χ1n) is 7.71. The molecule has 5 nitrogen and oxygen atoms in total. The van der Waals surface area contributed by atoms with Gasteiger partial charge in [0.15, 0.2) is 0 Å². The molecule has 0 atom stereocenters. The van der Waals surface area contributed by atoms with Gasteiger partial charge in [-0.05, 0) is 39.7 Å². The molecule has 0 N–H and O–H groups in total. The summed E-state index contributed by atoms with van der Waals surface area (Å²) in [4.78, 5) is 28.3. The van der Waals surface area contributed by atoms with E-state index in [1.54, 1.807) is 17.9 Å². The van der Waals surface area contributed by atoms with Gasteiger partial charge in [0.05, 0.1) is 11.8 Å². The molecule has 0 bridgehead atoms. The van der Waals surface area contributed by atoms with Crippen LogP contribution in [-0.2, 0) is 4.79 Å². The maximum absolute atomic E-state index is 12.6. The molecule has 1 aromatic rings. The smallest absolute Gasteiger partial charge is 0.257 e. The van der Waals surface area contributed by atoms with Gasteiger partial charge in [0, 0.05) is 32.1 Å². The first-order chi connectivity index (χ1) is 10.1. The lowest BCUT2D eigenvalue weighted by molar-refractivity contribution is -0.131. The zero-order chi connectivity index (χ0) is 15.4. The van der Waals surface area contributed by atoms with Gasteiger partial charge in [0.25, 0.3) is 5.91 Å². The third-order valence-electron chi connectivity index (χ3n) is 4.02. The monoisotopic (exact) mass is 292 g/mol. The van der Waals surface area contributed by atoms with E-state index in [-0.39, 0.29) is 17.9 Å². The van der Waals surface area contributed by atoms with Crippen molar-refractivity contribution in [1.29, 1.82) is 0 Å². The van der Waals surface area contributed by atoms with Crippen molar-refractivity contribution >= 4 is 11.8 Å². The van der Waals surface area contributed by atoms with Crippen LogP contribution in [0.1, 0.15) is 49.2 Å². The average molecular weight is 292 g/mol. The standard InChI is InChI=1S/C16H24N2O3/c1-4-17(5-2)15(19)8-10-18(13-6-7-13)16(20)14-9-11-21-12(14)3/h9,11,13H,4-8,10H2,1-3H3. The van der Waals surface area contributed by atoms with Crippen molar-refractivity contribution < 1.29 is 14.0 Å². The van der Waals surface area contributed by atoms with Crippen LogP contribution in [0.15, 0.2) is 16.7 Å². The van der Waals surface area contributed by atoms with Crippen molar-refractivity contribution in [1.82, 2.24) is 9.80 Å². The van der Waals surface area contributed by atoms with E-state index in [0.29, 0.717) is 37.4 Å². The fraction of sp³-hybridized carbons (Fsp3) is 0.625. The molecule has 1 aliphatic carbocycles. The van der Waals surface area contributed by atoms with Crippen molar-refractivity contribution in [2.45, 2.75) is 46.1 Å². The summed E-state index contributed by atoms with van der Waals surface area (Å²) < 4.78 is 5.21. The molecule has 0 aliphatic heterocycles. The van der Waals surface area contributed by atoms with Crippen LogP contribution in [0, 0.1) is 6.92 Å². The number of amides is 2. The zero-order valence-electron chi connectivity index (χ0n) is 13.1. The van der Waals surface area contributed by atoms with Gasteiger partial charge in [-0.15, -0.1) is 0 Å². The van der Waals surface area contributed by atoms with Crippen LogP contribution < -0.4 is 0 Å². The molecule has 21 heavy (non-hydrogen) atoms. The van der Waals surface area contributed by atoms with E-state index in [9.17, 15) is 9.59 Å². The topological polar surface area (TPSA) is 53.8 Å². The van der Waals surface area contributed by atoms with Crippen molar-refractivity contribution in [3.8, 4) is 0 Å². The Morgan fingerprint density at radius 2 is 1.95 bits per heavy atom. The van der Waals surface area contributed by atoms with Crippen molar-refractivity contribution in [2.75, 3.05) is 19.6 Å². The minimum Gasteiger partial charge on any atom is -0.469 e. The van der Waals surface area contributed by atoms with Gasteiger partial charge in [-0.2, -0.15) is 0 Å². The quantitative estimate of drug-likeness (QED) is 0.775. The minimum atomic E-state index is -0.0175. The summed E-state index contributed by atoms with van der Waals surface area (Å²) in [6.45, 7) is 7.66. The molecule has 1 heterocycles. The lowest BCUT2D eigenvalue weighted by Crippen LogP contribution is -2.38. The number of carbonyl (C=O) groups excluding carboxylic acids is 2. The number of hydrogen-bond acceptors (Lipinski definition) is 3. The van der Waals surface area contributed by atoms with Crippen LogP contribution in [0.25, 0.3) is 0 Å². The number of furan rings is 1. The lowest BCUT2D eigenvalue weighted by atomic mass is 10.2. The summed E-state index contributed by atoms with van der Waals surface area (Å²) in [5, 5.41) is 0. The largest absolute Gasteiger partial charge is 0.469 e. The summed E-state index contributed by atoms with van der Waals surface area (Å²) in [6.07, 6.45) is 3.99. The van der Waals surface area contributed by atoms with E-state index in [1.165, 1.54) is 6.26 Å². The van der Waals surface area contributed by atoms with Gasteiger partial charge in [-0.3, -0.25) is 9.59 Å². The van der Waals surface area contributed by atoms with E-state index >= 15 is 0 Å². The highest BCUT2D eigenvalue weighted by molar-refractivity contribution is 5.95. The summed E-state index contributed by atoms with van der Waals surface area (Å²) in [5.74, 6) is 0.735. The van der Waals surface area contributed by atoms with Gasteiger partial charge < -0.3 is 14.2 Å². The molecule has 0 unspecified atom stereocenters. The first-order valence-corrected chi connectivity index (χ1v) is 7.71. The molecule has 5 heteroatoms. The highest BCUT2D eigenvalue weighted by Crippen LogP contribution is 2.29. The third kappa shape index (κ3) is 3.65. The minimum absolute atomic E-state index is 0.0175. The van der Waals surface area contributed by atoms with E-state index < -0.39 is 0 Å². The number of nitrogens with zero attached hydrogens (tertiary/aromatic N) is 2. The molecule has 1 aliphatic rings. The maximum Gasteiger partial charge on any atom is 0.257 e. The Bertz CT molecular complexity index is 501. The number of hydrogen-bond donors (Lipinski definition) is 0. The summed E-state index contributed by atoms with van der Waals surface area (Å²) in [7, 11) is 0. The molecule has 116 valence electrons. The van der Waals surface area contributed by atoms with E-state index in [4.69, 9.17) is 4.42 Å². The number of carbonyl (C=O) groups is 2. The molecule has 2 amide bonds. The van der Waals surface area contributed by atoms with Gasteiger partial charge in [-0.1, -0.05) is 0 Å². The molecular weight excluding hydrogens is 268 g/mol. The summed E-state index contributed by atoms with van der Waals surface area (Å²) in [5.41, 5.74) is 0.609. The Labute approximate surface area is 125 Å². The Balaban J connectivity index is 1.99. The Morgan fingerprint density at radius 3 is 2.43 bits per heavy atom. The molecule has 2 rings (SSSR count). The predicted molar refractivity (Wildman–Crippen MR) is 80.0 cm³/mol. The third-order valence-corrected chi connectivity index (χ3v) is 4.02. The van der Waals surface area contributed by atoms with Crippen molar-refractivity contribution in [3.05, 3.63) is 23.7 Å². The molecule has 0 saturated heterocycles. The van der Waals surface area contributed by atoms with Crippen LogP contribution in [-0.4, -0.2) is 47.3 Å². The van der Waals surface area contributed by atoms with Crippen LogP contribution >= 0.6 is 0 Å². The van der Waals surface area contributed by atoms with Crippen LogP contribution in [0.4, 0.5) is 0 Å². The Kier molecular flexibility index (Phi) is 5.04. The van der Waals surface area contributed by atoms with E-state index in [0.717, 1.165) is 12.8 Å². The first kappa shape index (κ1) is 15.6. The van der Waals surface area contributed by atoms with Crippen LogP contribution in [0.3, 0.4) is 0 Å². The second-order valence-corrected chi connectivity index (χ2v) is 5.44. The fourth-order valence-electron chi connectivity index (χ4n) is 2.55. The second kappa shape index (κ2) is 6.78. The average Bonchev–Trinajstić information content (AvgIpc) is 3.21. The Hall–Kier alpha value is -1.78. The zero-order valence-corrected chi connectivity index (χ0v) is 13.1. The summed E-state index contributed by atoms with van der Waals surface area (Å²) in [6, 6.07) is 2.00. The number of aryl methyl sites for hydroxylation is 1. The molecular formula is C16H24N2O3. The van der Waals surface area contributed by atoms with Gasteiger partial charge in [-0.25, -0.2) is 0 Å². The fourth-order valence-corrected chi connectivity index (χ4v) is 2.55. The highest BCUT2D eigenvalue weighted by Gasteiger charge is 2.34. The van der Waals surface area contributed by atoms with Crippen LogP contribution in [0.5, 0.6) is 0 Å². The molecule has 0 spiro atoms. The molecule has 1 fully saturated rings. The predicted octanol–water partition coefficient (Wildman–Crippen LogP) is 2.45. The second-order valence-electron chi connectivity index (χ2n) is 5.44. The van der Waals surface area contributed by atoms with Crippen molar-refractivity contribution in [3.63, 3.8) is 0 Å². The maximum atomic E-state index is 12.6. The van der Waals surface area contributed by atoms with Crippen LogP contribution in [0.2, 0.25) is 0 Å². The van der Waals surface area contributed by atoms with Crippen molar-refractivity contribution in [2.24, 2.45) is 0 Å². The SMILES string of the molecule is CCN(CC)C(=O)CCN(C(=O)c1ccoc1C)C1CC1. The van der Waals surface area contributed by atoms with E-state index in [2.05, 4.69) is 0 Å². The Morgan fingerprint density at radius 1 is 1.29 bits per heavy atom. The van der Waals surface area contributed by atoms with Gasteiger partial charge in [0.2, 0.25) is 5.91 Å². The van der Waals surface area contributed by atoms with E-state index in [1.807, 2.05) is 18.7 Å². The molecule has 0 aromatic carbocycles. The highest BCUT2D eigenvalue weighted by atomic mass is 16.3. The normalized spacial score (nSPS) is 14.0. The van der Waals surface area contributed by atoms with Gasteiger partial charge in [0.1, 0.15) is 5.76 Å². The molecule has 0 radical (unpaired) electrons. The molecule has 1 aromatic heterocycles.